The fraction of sp³-hybridized carbons (Fsp3) is 0.783. The molecule has 1 saturated heterocycles. The summed E-state index contributed by atoms with van der Waals surface area (Å²) in [5, 5.41) is 0. The van der Waals surface area contributed by atoms with Gasteiger partial charge in [-0.05, 0) is 44.4 Å². The van der Waals surface area contributed by atoms with Crippen LogP contribution in [0.3, 0.4) is 0 Å². The van der Waals surface area contributed by atoms with E-state index in [4.69, 9.17) is 4.98 Å². The first-order valence-electron chi connectivity index (χ1n) is 11.7. The normalized spacial score (nSPS) is 24.5. The highest BCUT2D eigenvalue weighted by molar-refractivity contribution is 5.79. The smallest absolute Gasteiger partial charge is 0.254 e. The predicted octanol–water partition coefficient (Wildman–Crippen LogP) is 3.42. The Labute approximate surface area is 174 Å². The molecule has 0 spiro atoms. The van der Waals surface area contributed by atoms with Gasteiger partial charge in [0.15, 0.2) is 0 Å². The van der Waals surface area contributed by atoms with Gasteiger partial charge >= 0.3 is 0 Å². The average Bonchev–Trinajstić information content (AvgIpc) is 3.23. The lowest BCUT2D eigenvalue weighted by atomic mass is 9.88. The lowest BCUT2D eigenvalue weighted by Crippen LogP contribution is -2.40. The number of nitrogens with one attached hydrogen (secondary N) is 1. The first-order valence-corrected chi connectivity index (χ1v) is 11.7. The number of carbonyl (C=O) groups is 1. The van der Waals surface area contributed by atoms with Gasteiger partial charge in [-0.25, -0.2) is 4.98 Å². The van der Waals surface area contributed by atoms with Crippen molar-refractivity contribution in [3.05, 3.63) is 27.4 Å². The second kappa shape index (κ2) is 8.99. The van der Waals surface area contributed by atoms with Crippen LogP contribution in [0.15, 0.2) is 4.79 Å². The monoisotopic (exact) mass is 400 g/mol. The lowest BCUT2D eigenvalue weighted by Gasteiger charge is -2.33. The van der Waals surface area contributed by atoms with E-state index in [9.17, 15) is 9.59 Å². The van der Waals surface area contributed by atoms with Crippen molar-refractivity contribution in [2.24, 2.45) is 11.8 Å². The molecule has 6 nitrogen and oxygen atoms in total. The minimum atomic E-state index is -0.0804. The van der Waals surface area contributed by atoms with Crippen LogP contribution in [0.4, 0.5) is 0 Å². The molecule has 0 radical (unpaired) electrons. The Bertz CT molecular complexity index is 784. The first-order chi connectivity index (χ1) is 14.1. The highest BCUT2D eigenvalue weighted by atomic mass is 16.2. The van der Waals surface area contributed by atoms with Crippen molar-refractivity contribution in [2.75, 3.05) is 19.6 Å². The van der Waals surface area contributed by atoms with E-state index in [0.29, 0.717) is 5.82 Å². The third-order valence-corrected chi connectivity index (χ3v) is 7.30. The van der Waals surface area contributed by atoms with Crippen molar-refractivity contribution in [3.63, 3.8) is 0 Å². The molecular weight excluding hydrogens is 364 g/mol. The van der Waals surface area contributed by atoms with Crippen LogP contribution in [0.2, 0.25) is 0 Å². The van der Waals surface area contributed by atoms with E-state index in [2.05, 4.69) is 9.88 Å². The van der Waals surface area contributed by atoms with E-state index < -0.39 is 0 Å². The standard InChI is InChI=1S/C23H36N4O2/c1-3-16(2)23(29)27-12-7-10-20(27)21-24-19-15-26(13-11-18(19)22(28)25-21)14-17-8-5-4-6-9-17/h16-17,20H,3-15H2,1-2H3,(H,24,25,28)/t16-,20+/m1/s1. The fourth-order valence-corrected chi connectivity index (χ4v) is 5.33. The molecule has 1 saturated carbocycles. The van der Waals surface area contributed by atoms with E-state index in [0.717, 1.165) is 69.0 Å². The van der Waals surface area contributed by atoms with Crippen LogP contribution in [-0.4, -0.2) is 45.3 Å². The maximum absolute atomic E-state index is 12.8. The minimum absolute atomic E-state index is 0.00477. The van der Waals surface area contributed by atoms with Crippen LogP contribution in [0.25, 0.3) is 0 Å². The van der Waals surface area contributed by atoms with Gasteiger partial charge in [0.2, 0.25) is 5.91 Å². The summed E-state index contributed by atoms with van der Waals surface area (Å²) in [6, 6.07) is -0.0804. The number of amides is 1. The van der Waals surface area contributed by atoms with E-state index in [-0.39, 0.29) is 23.4 Å². The number of hydrogen-bond acceptors (Lipinski definition) is 4. The van der Waals surface area contributed by atoms with E-state index in [1.54, 1.807) is 0 Å². The van der Waals surface area contributed by atoms with Gasteiger partial charge in [-0.15, -0.1) is 0 Å². The molecule has 0 bridgehead atoms. The van der Waals surface area contributed by atoms with Crippen LogP contribution in [0, 0.1) is 11.8 Å². The van der Waals surface area contributed by atoms with Gasteiger partial charge in [0.05, 0.1) is 11.7 Å². The number of aromatic nitrogens is 2. The van der Waals surface area contributed by atoms with Gasteiger partial charge in [0, 0.05) is 37.7 Å². The summed E-state index contributed by atoms with van der Waals surface area (Å²) in [7, 11) is 0. The topological polar surface area (TPSA) is 69.3 Å². The molecule has 1 aromatic rings. The van der Waals surface area contributed by atoms with Gasteiger partial charge in [-0.1, -0.05) is 33.1 Å². The van der Waals surface area contributed by atoms with Gasteiger partial charge < -0.3 is 9.88 Å². The summed E-state index contributed by atoms with van der Waals surface area (Å²) in [5.41, 5.74) is 1.80. The Balaban J connectivity index is 1.52. The SMILES string of the molecule is CC[C@@H](C)C(=O)N1CCC[C@H]1c1nc2c(c(=O)[nH]1)CCN(CC1CCCCC1)C2. The van der Waals surface area contributed by atoms with Crippen molar-refractivity contribution in [1.82, 2.24) is 19.8 Å². The van der Waals surface area contributed by atoms with Crippen molar-refractivity contribution < 1.29 is 4.79 Å². The zero-order chi connectivity index (χ0) is 20.4. The maximum Gasteiger partial charge on any atom is 0.254 e. The van der Waals surface area contributed by atoms with Crippen LogP contribution >= 0.6 is 0 Å². The number of nitrogens with zero attached hydrogens (tertiary/aromatic N) is 3. The number of rotatable bonds is 5. The number of H-pyrrole nitrogens is 1. The summed E-state index contributed by atoms with van der Waals surface area (Å²) in [4.78, 5) is 38.0. The van der Waals surface area contributed by atoms with Crippen LogP contribution < -0.4 is 5.56 Å². The molecule has 4 rings (SSSR count). The molecule has 3 heterocycles. The van der Waals surface area contributed by atoms with Gasteiger partial charge in [0.1, 0.15) is 5.82 Å². The first kappa shape index (κ1) is 20.6. The zero-order valence-electron chi connectivity index (χ0n) is 18.1. The fourth-order valence-electron chi connectivity index (χ4n) is 5.33. The Hall–Kier alpha value is -1.69. The molecule has 6 heteroatoms. The Kier molecular flexibility index (Phi) is 6.38. The van der Waals surface area contributed by atoms with E-state index in [1.807, 2.05) is 18.7 Å². The number of likely N-dealkylation sites (tertiary alicyclic amines) is 1. The molecule has 160 valence electrons. The van der Waals surface area contributed by atoms with Crippen molar-refractivity contribution >= 4 is 5.91 Å². The van der Waals surface area contributed by atoms with Crippen molar-refractivity contribution in [3.8, 4) is 0 Å². The Morgan fingerprint density at radius 1 is 1.17 bits per heavy atom. The van der Waals surface area contributed by atoms with E-state index in [1.165, 1.54) is 32.1 Å². The third kappa shape index (κ3) is 4.42. The van der Waals surface area contributed by atoms with Crippen molar-refractivity contribution in [2.45, 2.75) is 84.2 Å². The summed E-state index contributed by atoms with van der Waals surface area (Å²) >= 11 is 0. The molecule has 29 heavy (non-hydrogen) atoms. The van der Waals surface area contributed by atoms with Gasteiger partial charge in [-0.3, -0.25) is 14.5 Å². The molecule has 1 aliphatic carbocycles. The number of aromatic amines is 1. The predicted molar refractivity (Wildman–Crippen MR) is 114 cm³/mol. The van der Waals surface area contributed by atoms with Crippen molar-refractivity contribution in [1.29, 1.82) is 0 Å². The molecule has 1 N–H and O–H groups in total. The number of carbonyl (C=O) groups excluding carboxylic acids is 1. The second-order valence-electron chi connectivity index (χ2n) is 9.36. The molecule has 3 aliphatic rings. The van der Waals surface area contributed by atoms with E-state index >= 15 is 0 Å². The molecule has 1 amide bonds. The van der Waals surface area contributed by atoms with Gasteiger partial charge in [-0.2, -0.15) is 0 Å². The quantitative estimate of drug-likeness (QED) is 0.822. The Morgan fingerprint density at radius 2 is 1.97 bits per heavy atom. The molecule has 0 unspecified atom stereocenters. The summed E-state index contributed by atoms with van der Waals surface area (Å²) in [6.45, 7) is 7.66. The van der Waals surface area contributed by atoms with Crippen LogP contribution in [-0.2, 0) is 17.8 Å². The zero-order valence-corrected chi connectivity index (χ0v) is 18.1. The molecule has 2 fully saturated rings. The highest BCUT2D eigenvalue weighted by Gasteiger charge is 2.34. The van der Waals surface area contributed by atoms with Crippen LogP contribution in [0.5, 0.6) is 0 Å². The number of fused-ring (bicyclic) bond motifs is 1. The Morgan fingerprint density at radius 3 is 2.72 bits per heavy atom. The lowest BCUT2D eigenvalue weighted by molar-refractivity contribution is -0.136. The third-order valence-electron chi connectivity index (χ3n) is 7.30. The molecule has 1 aromatic heterocycles. The average molecular weight is 401 g/mol. The molecular formula is C23H36N4O2. The largest absolute Gasteiger partial charge is 0.332 e. The molecule has 2 atom stereocenters. The highest BCUT2D eigenvalue weighted by Crippen LogP contribution is 2.32. The van der Waals surface area contributed by atoms with Crippen LogP contribution in [0.1, 0.15) is 88.3 Å². The second-order valence-corrected chi connectivity index (χ2v) is 9.36. The van der Waals surface area contributed by atoms with Gasteiger partial charge in [0.25, 0.3) is 5.56 Å². The summed E-state index contributed by atoms with van der Waals surface area (Å²) in [5.74, 6) is 1.70. The molecule has 0 aromatic carbocycles. The summed E-state index contributed by atoms with van der Waals surface area (Å²) in [6.07, 6.45) is 10.3. The minimum Gasteiger partial charge on any atom is -0.332 e. The summed E-state index contributed by atoms with van der Waals surface area (Å²) < 4.78 is 0. The number of hydrogen-bond donors (Lipinski definition) is 1. The maximum atomic E-state index is 12.8. The molecule has 2 aliphatic heterocycles.